The van der Waals surface area contributed by atoms with Crippen LogP contribution >= 0.6 is 11.6 Å². The van der Waals surface area contributed by atoms with Crippen molar-refractivity contribution in [1.82, 2.24) is 4.98 Å². The van der Waals surface area contributed by atoms with Crippen LogP contribution in [0.4, 0.5) is 5.69 Å². The molecule has 0 atom stereocenters. The Morgan fingerprint density at radius 3 is 2.13 bits per heavy atom. The van der Waals surface area contributed by atoms with E-state index in [0.717, 1.165) is 11.1 Å². The summed E-state index contributed by atoms with van der Waals surface area (Å²) in [5.74, 6) is 0. The number of nitrogens with one attached hydrogen (secondary N) is 1. The van der Waals surface area contributed by atoms with Crippen molar-refractivity contribution in [2.45, 2.75) is 4.90 Å². The predicted octanol–water partition coefficient (Wildman–Crippen LogP) is 4.20. The Morgan fingerprint density at radius 1 is 0.870 bits per heavy atom. The molecule has 0 spiro atoms. The summed E-state index contributed by atoms with van der Waals surface area (Å²) in [6.07, 6.45) is 1.61. The Labute approximate surface area is 139 Å². The first-order valence-corrected chi connectivity index (χ1v) is 8.71. The molecule has 1 aromatic heterocycles. The lowest BCUT2D eigenvalue weighted by Gasteiger charge is -2.11. The maximum atomic E-state index is 12.4. The van der Waals surface area contributed by atoms with E-state index in [1.54, 1.807) is 30.5 Å². The fraction of sp³-hybridized carbons (Fsp3) is 0. The molecule has 0 aliphatic carbocycles. The van der Waals surface area contributed by atoms with Crippen LogP contribution in [-0.4, -0.2) is 13.4 Å². The lowest BCUT2D eigenvalue weighted by Crippen LogP contribution is -2.13. The van der Waals surface area contributed by atoms with E-state index in [4.69, 9.17) is 11.6 Å². The average Bonchev–Trinajstić information content (AvgIpc) is 2.58. The van der Waals surface area contributed by atoms with Gasteiger partial charge in [0.05, 0.1) is 10.6 Å². The zero-order chi connectivity index (χ0) is 16.3. The summed E-state index contributed by atoms with van der Waals surface area (Å²) in [6.45, 7) is 0. The fourth-order valence-corrected chi connectivity index (χ4v) is 3.40. The van der Waals surface area contributed by atoms with E-state index in [1.807, 2.05) is 30.3 Å². The first-order valence-electron chi connectivity index (χ1n) is 6.85. The molecule has 0 saturated carbocycles. The van der Waals surface area contributed by atoms with E-state index < -0.39 is 10.0 Å². The summed E-state index contributed by atoms with van der Waals surface area (Å²) in [4.78, 5) is 4.24. The number of sulfonamides is 1. The number of pyridine rings is 1. The lowest BCUT2D eigenvalue weighted by molar-refractivity contribution is 0.601. The normalized spacial score (nSPS) is 11.2. The molecule has 23 heavy (non-hydrogen) atoms. The van der Waals surface area contributed by atoms with Gasteiger partial charge < -0.3 is 0 Å². The van der Waals surface area contributed by atoms with Crippen LogP contribution in [0.25, 0.3) is 11.1 Å². The standard InChI is InChI=1S/C17H13ClN2O2S/c18-17-16(20-23(21,22)15-9-5-2-6-10-15)11-14(12-19-17)13-7-3-1-4-8-13/h1-12,20H. The smallest absolute Gasteiger partial charge is 0.261 e. The Bertz CT molecular complexity index is 914. The molecule has 0 amide bonds. The van der Waals surface area contributed by atoms with Gasteiger partial charge in [-0.2, -0.15) is 0 Å². The summed E-state index contributed by atoms with van der Waals surface area (Å²) in [6, 6.07) is 19.3. The van der Waals surface area contributed by atoms with E-state index in [1.165, 1.54) is 12.1 Å². The molecule has 0 unspecified atom stereocenters. The Balaban J connectivity index is 1.97. The molecule has 4 nitrogen and oxygen atoms in total. The van der Waals surface area contributed by atoms with E-state index in [2.05, 4.69) is 9.71 Å². The first kappa shape index (κ1) is 15.5. The van der Waals surface area contributed by atoms with Crippen LogP contribution in [0.5, 0.6) is 0 Å². The van der Waals surface area contributed by atoms with Gasteiger partial charge in [0.25, 0.3) is 10.0 Å². The van der Waals surface area contributed by atoms with Gasteiger partial charge >= 0.3 is 0 Å². The predicted molar refractivity (Wildman–Crippen MR) is 91.9 cm³/mol. The minimum absolute atomic E-state index is 0.101. The number of anilines is 1. The largest absolute Gasteiger partial charge is 0.276 e. The summed E-state index contributed by atoms with van der Waals surface area (Å²) in [5, 5.41) is 0.101. The van der Waals surface area contributed by atoms with Crippen LogP contribution in [0.15, 0.2) is 77.8 Å². The van der Waals surface area contributed by atoms with Gasteiger partial charge in [0.2, 0.25) is 0 Å². The second-order valence-electron chi connectivity index (χ2n) is 4.85. The second-order valence-corrected chi connectivity index (χ2v) is 6.89. The van der Waals surface area contributed by atoms with Gasteiger partial charge in [0.15, 0.2) is 5.15 Å². The van der Waals surface area contributed by atoms with Crippen molar-refractivity contribution in [3.63, 3.8) is 0 Å². The maximum absolute atomic E-state index is 12.4. The molecule has 2 aromatic carbocycles. The third-order valence-electron chi connectivity index (χ3n) is 3.24. The fourth-order valence-electron chi connectivity index (χ4n) is 2.11. The molecule has 0 aliphatic heterocycles. The quantitative estimate of drug-likeness (QED) is 0.721. The Hall–Kier alpha value is -2.37. The van der Waals surface area contributed by atoms with Gasteiger partial charge in [-0.25, -0.2) is 13.4 Å². The van der Waals surface area contributed by atoms with Crippen LogP contribution in [0.2, 0.25) is 5.15 Å². The van der Waals surface area contributed by atoms with E-state index in [0.29, 0.717) is 0 Å². The summed E-state index contributed by atoms with van der Waals surface area (Å²) in [5.41, 5.74) is 1.95. The van der Waals surface area contributed by atoms with Crippen LogP contribution in [-0.2, 0) is 10.0 Å². The summed E-state index contributed by atoms with van der Waals surface area (Å²) >= 11 is 6.04. The minimum Gasteiger partial charge on any atom is -0.276 e. The molecule has 0 saturated heterocycles. The van der Waals surface area contributed by atoms with Crippen molar-refractivity contribution < 1.29 is 8.42 Å². The highest BCUT2D eigenvalue weighted by Crippen LogP contribution is 2.28. The monoisotopic (exact) mass is 344 g/mol. The zero-order valence-corrected chi connectivity index (χ0v) is 13.6. The molecule has 116 valence electrons. The minimum atomic E-state index is -3.71. The van der Waals surface area contributed by atoms with Gasteiger partial charge in [0, 0.05) is 11.8 Å². The van der Waals surface area contributed by atoms with Crippen molar-refractivity contribution in [1.29, 1.82) is 0 Å². The average molecular weight is 345 g/mol. The first-order chi connectivity index (χ1) is 11.1. The lowest BCUT2D eigenvalue weighted by atomic mass is 10.1. The Morgan fingerprint density at radius 2 is 1.48 bits per heavy atom. The number of hydrogen-bond acceptors (Lipinski definition) is 3. The van der Waals surface area contributed by atoms with Gasteiger partial charge in [-0.1, -0.05) is 60.1 Å². The van der Waals surface area contributed by atoms with Gasteiger partial charge in [-0.05, 0) is 23.8 Å². The number of benzene rings is 2. The molecular formula is C17H13ClN2O2S. The van der Waals surface area contributed by atoms with E-state index >= 15 is 0 Å². The number of halogens is 1. The number of aromatic nitrogens is 1. The molecule has 0 fully saturated rings. The SMILES string of the molecule is O=S(=O)(Nc1cc(-c2ccccc2)cnc1Cl)c1ccccc1. The molecule has 1 heterocycles. The van der Waals surface area contributed by atoms with Gasteiger partial charge in [-0.15, -0.1) is 0 Å². The third-order valence-corrected chi connectivity index (χ3v) is 4.93. The van der Waals surface area contributed by atoms with E-state index in [-0.39, 0.29) is 15.7 Å². The zero-order valence-electron chi connectivity index (χ0n) is 12.0. The molecule has 0 radical (unpaired) electrons. The summed E-state index contributed by atoms with van der Waals surface area (Å²) < 4.78 is 27.3. The number of rotatable bonds is 4. The van der Waals surface area contributed by atoms with Crippen molar-refractivity contribution in [2.24, 2.45) is 0 Å². The van der Waals surface area contributed by atoms with Crippen LogP contribution in [0, 0.1) is 0 Å². The van der Waals surface area contributed by atoms with Crippen LogP contribution in [0.3, 0.4) is 0 Å². The van der Waals surface area contributed by atoms with Crippen LogP contribution < -0.4 is 4.72 Å². The highest BCUT2D eigenvalue weighted by Gasteiger charge is 2.16. The molecule has 3 rings (SSSR count). The van der Waals surface area contributed by atoms with Gasteiger partial charge in [-0.3, -0.25) is 4.72 Å². The van der Waals surface area contributed by atoms with Crippen molar-refractivity contribution in [3.05, 3.63) is 78.1 Å². The Kier molecular flexibility index (Phi) is 4.32. The molecule has 1 N–H and O–H groups in total. The molecule has 6 heteroatoms. The molecule has 0 bridgehead atoms. The summed E-state index contributed by atoms with van der Waals surface area (Å²) in [7, 11) is -3.71. The van der Waals surface area contributed by atoms with Crippen LogP contribution in [0.1, 0.15) is 0 Å². The second kappa shape index (κ2) is 6.40. The topological polar surface area (TPSA) is 59.1 Å². The molecule has 0 aliphatic rings. The van der Waals surface area contributed by atoms with Crippen molar-refractivity contribution in [2.75, 3.05) is 4.72 Å². The number of hydrogen-bond donors (Lipinski definition) is 1. The van der Waals surface area contributed by atoms with Crippen molar-refractivity contribution in [3.8, 4) is 11.1 Å². The number of nitrogens with zero attached hydrogens (tertiary/aromatic N) is 1. The molecular weight excluding hydrogens is 332 g/mol. The van der Waals surface area contributed by atoms with Gasteiger partial charge in [0.1, 0.15) is 0 Å². The highest BCUT2D eigenvalue weighted by atomic mass is 35.5. The van der Waals surface area contributed by atoms with E-state index in [9.17, 15) is 8.42 Å². The third kappa shape index (κ3) is 3.52. The van der Waals surface area contributed by atoms with Crippen molar-refractivity contribution >= 4 is 27.3 Å². The highest BCUT2D eigenvalue weighted by molar-refractivity contribution is 7.92. The maximum Gasteiger partial charge on any atom is 0.261 e. The molecule has 3 aromatic rings.